The number of ether oxygens (including phenoxy) is 2. The summed E-state index contributed by atoms with van der Waals surface area (Å²) in [5, 5.41) is 3.18. The predicted octanol–water partition coefficient (Wildman–Crippen LogP) is 2.74. The molecule has 0 fully saturated rings. The van der Waals surface area contributed by atoms with E-state index < -0.39 is 0 Å². The van der Waals surface area contributed by atoms with Gasteiger partial charge in [0.15, 0.2) is 0 Å². The van der Waals surface area contributed by atoms with E-state index >= 15 is 0 Å². The molecule has 3 nitrogen and oxygen atoms in total. The highest BCUT2D eigenvalue weighted by atomic mass is 19.1. The maximum Gasteiger partial charge on any atom is 0.124 e. The quantitative estimate of drug-likeness (QED) is 0.774. The largest absolute Gasteiger partial charge is 0.490 e. The Kier molecular flexibility index (Phi) is 6.68. The van der Waals surface area contributed by atoms with Crippen molar-refractivity contribution in [2.24, 2.45) is 0 Å². The van der Waals surface area contributed by atoms with Crippen molar-refractivity contribution in [3.05, 3.63) is 29.6 Å². The first-order valence-corrected chi connectivity index (χ1v) is 6.32. The second-order valence-electron chi connectivity index (χ2n) is 4.24. The summed E-state index contributed by atoms with van der Waals surface area (Å²) in [5.41, 5.74) is 0.848. The molecule has 1 unspecified atom stereocenters. The predicted molar refractivity (Wildman–Crippen MR) is 70.4 cm³/mol. The molecule has 1 rings (SSSR count). The van der Waals surface area contributed by atoms with Crippen molar-refractivity contribution >= 4 is 0 Å². The highest BCUT2D eigenvalue weighted by Crippen LogP contribution is 2.21. The highest BCUT2D eigenvalue weighted by molar-refractivity contribution is 5.34. The van der Waals surface area contributed by atoms with Gasteiger partial charge in [0.25, 0.3) is 0 Å². The summed E-state index contributed by atoms with van der Waals surface area (Å²) in [6.07, 6.45) is 0.866. The Morgan fingerprint density at radius 2 is 2.17 bits per heavy atom. The molecular weight excluding hydrogens is 233 g/mol. The van der Waals surface area contributed by atoms with Gasteiger partial charge in [-0.3, -0.25) is 0 Å². The number of methoxy groups -OCH3 is 1. The minimum atomic E-state index is -0.236. The number of rotatable bonds is 8. The van der Waals surface area contributed by atoms with Gasteiger partial charge in [0, 0.05) is 32.2 Å². The number of nitrogens with one attached hydrogen (secondary N) is 1. The smallest absolute Gasteiger partial charge is 0.124 e. The van der Waals surface area contributed by atoms with E-state index in [1.165, 1.54) is 12.1 Å². The first-order chi connectivity index (χ1) is 8.67. The summed E-state index contributed by atoms with van der Waals surface area (Å²) >= 11 is 0. The van der Waals surface area contributed by atoms with E-state index in [0.717, 1.165) is 24.3 Å². The van der Waals surface area contributed by atoms with Crippen molar-refractivity contribution in [2.45, 2.75) is 32.9 Å². The molecular formula is C14H22FNO2. The molecule has 1 aromatic rings. The molecule has 18 heavy (non-hydrogen) atoms. The van der Waals surface area contributed by atoms with Gasteiger partial charge < -0.3 is 14.8 Å². The molecule has 0 amide bonds. The van der Waals surface area contributed by atoms with Crippen molar-refractivity contribution in [1.29, 1.82) is 0 Å². The first kappa shape index (κ1) is 14.9. The molecule has 102 valence electrons. The van der Waals surface area contributed by atoms with Crippen LogP contribution in [-0.2, 0) is 11.3 Å². The summed E-state index contributed by atoms with van der Waals surface area (Å²) < 4.78 is 24.0. The van der Waals surface area contributed by atoms with Crippen molar-refractivity contribution in [3.63, 3.8) is 0 Å². The lowest BCUT2D eigenvalue weighted by Crippen LogP contribution is -2.17. The zero-order chi connectivity index (χ0) is 13.4. The summed E-state index contributed by atoms with van der Waals surface area (Å²) in [5.74, 6) is 0.501. The van der Waals surface area contributed by atoms with Gasteiger partial charge in [0.05, 0.1) is 6.10 Å². The third-order valence-corrected chi connectivity index (χ3v) is 2.64. The molecule has 0 saturated heterocycles. The van der Waals surface area contributed by atoms with Gasteiger partial charge in [-0.25, -0.2) is 4.39 Å². The van der Waals surface area contributed by atoms with Gasteiger partial charge in [-0.15, -0.1) is 0 Å². The molecule has 1 atom stereocenters. The van der Waals surface area contributed by atoms with Gasteiger partial charge in [-0.2, -0.15) is 0 Å². The van der Waals surface area contributed by atoms with E-state index in [9.17, 15) is 4.39 Å². The molecule has 0 aromatic heterocycles. The first-order valence-electron chi connectivity index (χ1n) is 6.32. The van der Waals surface area contributed by atoms with Crippen LogP contribution in [0.2, 0.25) is 0 Å². The summed E-state index contributed by atoms with van der Waals surface area (Å²) in [6, 6.07) is 4.63. The molecule has 4 heteroatoms. The van der Waals surface area contributed by atoms with Crippen molar-refractivity contribution in [2.75, 3.05) is 20.3 Å². The maximum absolute atomic E-state index is 13.2. The molecule has 0 bridgehead atoms. The fourth-order valence-electron chi connectivity index (χ4n) is 1.62. The summed E-state index contributed by atoms with van der Waals surface area (Å²) in [6.45, 7) is 6.11. The zero-order valence-electron chi connectivity index (χ0n) is 11.3. The summed E-state index contributed by atoms with van der Waals surface area (Å²) in [7, 11) is 1.67. The fraction of sp³-hybridized carbons (Fsp3) is 0.571. The fourth-order valence-corrected chi connectivity index (χ4v) is 1.62. The van der Waals surface area contributed by atoms with Gasteiger partial charge >= 0.3 is 0 Å². The van der Waals surface area contributed by atoms with Crippen LogP contribution in [0.1, 0.15) is 25.8 Å². The average Bonchev–Trinajstić information content (AvgIpc) is 2.36. The molecule has 1 aromatic carbocycles. The van der Waals surface area contributed by atoms with Crippen LogP contribution in [0.25, 0.3) is 0 Å². The molecule has 0 aliphatic rings. The zero-order valence-corrected chi connectivity index (χ0v) is 11.3. The number of halogens is 1. The average molecular weight is 255 g/mol. The Balaban J connectivity index is 2.67. The Bertz CT molecular complexity index is 358. The van der Waals surface area contributed by atoms with E-state index in [0.29, 0.717) is 13.2 Å². The minimum Gasteiger partial charge on any atom is -0.490 e. The lowest BCUT2D eigenvalue weighted by atomic mass is 10.2. The minimum absolute atomic E-state index is 0.0517. The molecule has 0 saturated carbocycles. The Morgan fingerprint density at radius 3 is 2.83 bits per heavy atom. The van der Waals surface area contributed by atoms with Gasteiger partial charge in [0.2, 0.25) is 0 Å². The van der Waals surface area contributed by atoms with E-state index in [-0.39, 0.29) is 11.9 Å². The van der Waals surface area contributed by atoms with E-state index in [2.05, 4.69) is 5.32 Å². The molecule has 0 spiro atoms. The van der Waals surface area contributed by atoms with Crippen LogP contribution in [0, 0.1) is 5.82 Å². The standard InChI is InChI=1S/C14H22FNO2/c1-4-16-10-12-9-13(15)5-6-14(12)18-11(2)7-8-17-3/h5-6,9,11,16H,4,7-8,10H2,1-3H3. The van der Waals surface area contributed by atoms with Crippen LogP contribution >= 0.6 is 0 Å². The van der Waals surface area contributed by atoms with Gasteiger partial charge in [0.1, 0.15) is 11.6 Å². The second kappa shape index (κ2) is 8.06. The molecule has 0 aliphatic carbocycles. The van der Waals surface area contributed by atoms with Crippen LogP contribution in [0.3, 0.4) is 0 Å². The van der Waals surface area contributed by atoms with E-state index in [1.807, 2.05) is 13.8 Å². The lowest BCUT2D eigenvalue weighted by molar-refractivity contribution is 0.134. The van der Waals surface area contributed by atoms with E-state index in [1.54, 1.807) is 13.2 Å². The number of hydrogen-bond acceptors (Lipinski definition) is 3. The number of hydrogen-bond donors (Lipinski definition) is 1. The topological polar surface area (TPSA) is 30.5 Å². The Labute approximate surface area is 108 Å². The van der Waals surface area contributed by atoms with Crippen molar-refractivity contribution in [1.82, 2.24) is 5.32 Å². The van der Waals surface area contributed by atoms with Gasteiger partial charge in [-0.1, -0.05) is 6.92 Å². The SMILES string of the molecule is CCNCc1cc(F)ccc1OC(C)CCOC. The highest BCUT2D eigenvalue weighted by Gasteiger charge is 2.09. The third-order valence-electron chi connectivity index (χ3n) is 2.64. The van der Waals surface area contributed by atoms with Crippen LogP contribution in [0.15, 0.2) is 18.2 Å². The molecule has 0 radical (unpaired) electrons. The maximum atomic E-state index is 13.2. The number of benzene rings is 1. The van der Waals surface area contributed by atoms with E-state index in [4.69, 9.17) is 9.47 Å². The summed E-state index contributed by atoms with van der Waals surface area (Å²) in [4.78, 5) is 0. The van der Waals surface area contributed by atoms with Crippen molar-refractivity contribution in [3.8, 4) is 5.75 Å². The van der Waals surface area contributed by atoms with Crippen LogP contribution in [0.4, 0.5) is 4.39 Å². The van der Waals surface area contributed by atoms with Gasteiger partial charge in [-0.05, 0) is 31.7 Å². The Morgan fingerprint density at radius 1 is 1.39 bits per heavy atom. The molecule has 0 heterocycles. The lowest BCUT2D eigenvalue weighted by Gasteiger charge is -2.17. The Hall–Kier alpha value is -1.13. The van der Waals surface area contributed by atoms with Crippen LogP contribution in [-0.4, -0.2) is 26.4 Å². The second-order valence-corrected chi connectivity index (χ2v) is 4.24. The normalized spacial score (nSPS) is 12.4. The van der Waals surface area contributed by atoms with Crippen LogP contribution in [0.5, 0.6) is 5.75 Å². The van der Waals surface area contributed by atoms with Crippen molar-refractivity contribution < 1.29 is 13.9 Å². The molecule has 0 aliphatic heterocycles. The molecule has 1 N–H and O–H groups in total. The third kappa shape index (κ3) is 5.02. The monoisotopic (exact) mass is 255 g/mol. The van der Waals surface area contributed by atoms with Crippen LogP contribution < -0.4 is 10.1 Å².